The van der Waals surface area contributed by atoms with E-state index in [1.807, 2.05) is 17.5 Å². The Balaban J connectivity index is 0.00000147. The number of nitrogens with one attached hydrogen (secondary N) is 1. The summed E-state index contributed by atoms with van der Waals surface area (Å²) in [7, 11) is -3.09. The highest BCUT2D eigenvalue weighted by Crippen LogP contribution is 2.37. The summed E-state index contributed by atoms with van der Waals surface area (Å²) in [6, 6.07) is 3.98. The minimum atomic E-state index is -3.09. The number of sulfonamides is 1. The molecule has 2 aliphatic rings. The molecule has 3 rings (SSSR count). The predicted octanol–water partition coefficient (Wildman–Crippen LogP) is 1.73. The van der Waals surface area contributed by atoms with Crippen LogP contribution < -0.4 is 5.32 Å². The standard InChI is InChI=1S/C13H20N2O2S2.ClH/c16-19(17,9-3-12-2-1-8-18-12)15-7-5-13(11-15)4-6-14-10-13;/h1-2,8,14H,3-7,9-11H2;1H. The van der Waals surface area contributed by atoms with Crippen LogP contribution in [0.1, 0.15) is 17.7 Å². The molecule has 0 amide bonds. The molecule has 3 heterocycles. The lowest BCUT2D eigenvalue weighted by atomic mass is 9.87. The number of nitrogens with zero attached hydrogens (tertiary/aromatic N) is 1. The Labute approximate surface area is 131 Å². The molecule has 114 valence electrons. The average molecular weight is 337 g/mol. The van der Waals surface area contributed by atoms with Crippen LogP contribution >= 0.6 is 23.7 Å². The second kappa shape index (κ2) is 6.32. The zero-order chi connectivity index (χ0) is 13.3. The quantitative estimate of drug-likeness (QED) is 0.911. The lowest BCUT2D eigenvalue weighted by Crippen LogP contribution is -2.35. The first-order valence-corrected chi connectivity index (χ1v) is 9.30. The van der Waals surface area contributed by atoms with Gasteiger partial charge in [-0.2, -0.15) is 0 Å². The molecule has 0 radical (unpaired) electrons. The van der Waals surface area contributed by atoms with E-state index in [0.29, 0.717) is 19.5 Å². The van der Waals surface area contributed by atoms with Crippen LogP contribution in [-0.4, -0.2) is 44.7 Å². The van der Waals surface area contributed by atoms with Crippen LogP contribution in [0.2, 0.25) is 0 Å². The van der Waals surface area contributed by atoms with Crippen molar-refractivity contribution in [3.8, 4) is 0 Å². The Bertz CT molecular complexity index is 525. The van der Waals surface area contributed by atoms with E-state index in [1.54, 1.807) is 15.6 Å². The first kappa shape index (κ1) is 16.2. The number of rotatable bonds is 4. The maximum absolute atomic E-state index is 12.4. The molecule has 2 saturated heterocycles. The van der Waals surface area contributed by atoms with Gasteiger partial charge in [0.2, 0.25) is 10.0 Å². The van der Waals surface area contributed by atoms with Crippen molar-refractivity contribution < 1.29 is 8.42 Å². The van der Waals surface area contributed by atoms with Crippen LogP contribution in [0, 0.1) is 5.41 Å². The third-order valence-electron chi connectivity index (χ3n) is 4.32. The molecule has 1 spiro atoms. The Kier molecular flexibility index (Phi) is 5.13. The van der Waals surface area contributed by atoms with Gasteiger partial charge in [-0.15, -0.1) is 23.7 Å². The Morgan fingerprint density at radius 3 is 2.90 bits per heavy atom. The molecule has 0 bridgehead atoms. The first-order valence-electron chi connectivity index (χ1n) is 6.81. The second-order valence-corrected chi connectivity index (χ2v) is 8.78. The first-order chi connectivity index (χ1) is 9.10. The van der Waals surface area contributed by atoms with E-state index in [-0.39, 0.29) is 23.6 Å². The molecule has 0 aromatic carbocycles. The van der Waals surface area contributed by atoms with Crippen molar-refractivity contribution in [1.29, 1.82) is 0 Å². The Hall–Kier alpha value is -0.140. The summed E-state index contributed by atoms with van der Waals surface area (Å²) in [5.41, 5.74) is 0.218. The maximum atomic E-state index is 12.4. The number of thiophene rings is 1. The molecule has 1 aromatic heterocycles. The van der Waals surface area contributed by atoms with Crippen LogP contribution in [0.15, 0.2) is 17.5 Å². The highest BCUT2D eigenvalue weighted by atomic mass is 35.5. The number of aryl methyl sites for hydroxylation is 1. The number of halogens is 1. The highest BCUT2D eigenvalue weighted by Gasteiger charge is 2.43. The van der Waals surface area contributed by atoms with E-state index in [4.69, 9.17) is 0 Å². The lowest BCUT2D eigenvalue weighted by molar-refractivity contribution is 0.338. The highest BCUT2D eigenvalue weighted by molar-refractivity contribution is 7.89. The molecule has 1 unspecified atom stereocenters. The van der Waals surface area contributed by atoms with Gasteiger partial charge in [-0.1, -0.05) is 6.07 Å². The summed E-state index contributed by atoms with van der Waals surface area (Å²) in [6.07, 6.45) is 2.77. The van der Waals surface area contributed by atoms with Crippen molar-refractivity contribution in [2.45, 2.75) is 19.3 Å². The average Bonchev–Trinajstić information content (AvgIpc) is 3.11. The van der Waals surface area contributed by atoms with Gasteiger partial charge in [0.15, 0.2) is 0 Å². The molecule has 1 aromatic rings. The zero-order valence-corrected chi connectivity index (χ0v) is 13.8. The SMILES string of the molecule is Cl.O=S(=O)(CCc1cccs1)N1CCC2(CCNC2)C1. The van der Waals surface area contributed by atoms with Gasteiger partial charge in [0.05, 0.1) is 5.75 Å². The van der Waals surface area contributed by atoms with Gasteiger partial charge in [0.1, 0.15) is 0 Å². The Morgan fingerprint density at radius 2 is 2.25 bits per heavy atom. The normalized spacial score (nSPS) is 27.0. The summed E-state index contributed by atoms with van der Waals surface area (Å²) in [4.78, 5) is 1.15. The summed E-state index contributed by atoms with van der Waals surface area (Å²) in [5.74, 6) is 0.247. The van der Waals surface area contributed by atoms with Crippen molar-refractivity contribution in [2.75, 3.05) is 31.9 Å². The molecule has 4 nitrogen and oxygen atoms in total. The molecule has 0 aliphatic carbocycles. The van der Waals surface area contributed by atoms with E-state index in [0.717, 1.165) is 30.8 Å². The van der Waals surface area contributed by atoms with Crippen LogP contribution in [0.5, 0.6) is 0 Å². The molecular weight excluding hydrogens is 316 g/mol. The van der Waals surface area contributed by atoms with E-state index < -0.39 is 10.0 Å². The monoisotopic (exact) mass is 336 g/mol. The summed E-state index contributed by atoms with van der Waals surface area (Å²) in [5, 5.41) is 5.36. The van der Waals surface area contributed by atoms with Crippen molar-refractivity contribution in [3.63, 3.8) is 0 Å². The number of hydrogen-bond donors (Lipinski definition) is 1. The van der Waals surface area contributed by atoms with E-state index in [1.165, 1.54) is 0 Å². The molecule has 2 fully saturated rings. The molecule has 1 N–H and O–H groups in total. The second-order valence-electron chi connectivity index (χ2n) is 5.66. The van der Waals surface area contributed by atoms with Crippen LogP contribution in [-0.2, 0) is 16.4 Å². The fourth-order valence-corrected chi connectivity index (χ4v) is 5.50. The van der Waals surface area contributed by atoms with Gasteiger partial charge in [-0.25, -0.2) is 12.7 Å². The maximum Gasteiger partial charge on any atom is 0.214 e. The molecule has 7 heteroatoms. The van der Waals surface area contributed by atoms with Gasteiger partial charge in [0.25, 0.3) is 0 Å². The predicted molar refractivity (Wildman–Crippen MR) is 85.2 cm³/mol. The van der Waals surface area contributed by atoms with Crippen molar-refractivity contribution >= 4 is 33.8 Å². The van der Waals surface area contributed by atoms with Gasteiger partial charge in [-0.3, -0.25) is 0 Å². The summed E-state index contributed by atoms with van der Waals surface area (Å²) < 4.78 is 26.5. The molecule has 0 saturated carbocycles. The fraction of sp³-hybridized carbons (Fsp3) is 0.692. The van der Waals surface area contributed by atoms with Gasteiger partial charge >= 0.3 is 0 Å². The summed E-state index contributed by atoms with van der Waals surface area (Å²) >= 11 is 1.63. The Morgan fingerprint density at radius 1 is 1.40 bits per heavy atom. The molecule has 2 aliphatic heterocycles. The van der Waals surface area contributed by atoms with Crippen molar-refractivity contribution in [3.05, 3.63) is 22.4 Å². The van der Waals surface area contributed by atoms with E-state index >= 15 is 0 Å². The van der Waals surface area contributed by atoms with Crippen LogP contribution in [0.25, 0.3) is 0 Å². The fourth-order valence-electron chi connectivity index (χ4n) is 3.09. The largest absolute Gasteiger partial charge is 0.316 e. The topological polar surface area (TPSA) is 49.4 Å². The van der Waals surface area contributed by atoms with Gasteiger partial charge in [0, 0.05) is 24.5 Å². The van der Waals surface area contributed by atoms with Crippen LogP contribution in [0.3, 0.4) is 0 Å². The lowest BCUT2D eigenvalue weighted by Gasteiger charge is -2.22. The zero-order valence-electron chi connectivity index (χ0n) is 11.4. The third-order valence-corrected chi connectivity index (χ3v) is 7.07. The smallest absolute Gasteiger partial charge is 0.214 e. The molecule has 20 heavy (non-hydrogen) atoms. The summed E-state index contributed by atoms with van der Waals surface area (Å²) in [6.45, 7) is 3.42. The third kappa shape index (κ3) is 3.36. The minimum absolute atomic E-state index is 0. The van der Waals surface area contributed by atoms with E-state index in [2.05, 4.69) is 5.32 Å². The van der Waals surface area contributed by atoms with Crippen molar-refractivity contribution in [2.24, 2.45) is 5.41 Å². The van der Waals surface area contributed by atoms with E-state index in [9.17, 15) is 8.42 Å². The van der Waals surface area contributed by atoms with Gasteiger partial charge < -0.3 is 5.32 Å². The van der Waals surface area contributed by atoms with Gasteiger partial charge in [-0.05, 0) is 42.7 Å². The van der Waals surface area contributed by atoms with Crippen LogP contribution in [0.4, 0.5) is 0 Å². The number of hydrogen-bond acceptors (Lipinski definition) is 4. The molecule has 1 atom stereocenters. The van der Waals surface area contributed by atoms with Crippen molar-refractivity contribution in [1.82, 2.24) is 9.62 Å². The molecular formula is C13H21ClN2O2S2. The minimum Gasteiger partial charge on any atom is -0.316 e.